The maximum atomic E-state index is 12.9. The van der Waals surface area contributed by atoms with Gasteiger partial charge in [0.1, 0.15) is 11.6 Å². The van der Waals surface area contributed by atoms with E-state index in [2.05, 4.69) is 5.32 Å². The van der Waals surface area contributed by atoms with Gasteiger partial charge in [0.15, 0.2) is 5.78 Å². The minimum Gasteiger partial charge on any atom is -0.426 e. The zero-order valence-corrected chi connectivity index (χ0v) is 16.1. The molecule has 150 valence electrons. The molecule has 3 rings (SSSR count). The van der Waals surface area contributed by atoms with E-state index in [4.69, 9.17) is 4.74 Å². The van der Waals surface area contributed by atoms with Gasteiger partial charge in [0.05, 0.1) is 5.56 Å². The van der Waals surface area contributed by atoms with Crippen LogP contribution in [0.4, 0.5) is 10.1 Å². The van der Waals surface area contributed by atoms with E-state index in [1.165, 1.54) is 31.2 Å². The molecule has 0 saturated heterocycles. The van der Waals surface area contributed by atoms with Gasteiger partial charge in [-0.1, -0.05) is 30.3 Å². The number of anilines is 1. The Labute approximate surface area is 172 Å². The molecule has 0 aromatic heterocycles. The number of ketones is 1. The second-order valence-corrected chi connectivity index (χ2v) is 6.37. The van der Waals surface area contributed by atoms with Gasteiger partial charge in [0.2, 0.25) is 0 Å². The molecule has 1 amide bonds. The van der Waals surface area contributed by atoms with Crippen molar-refractivity contribution in [2.24, 2.45) is 0 Å². The molecule has 0 heterocycles. The maximum Gasteiger partial charge on any atom is 0.308 e. The van der Waals surface area contributed by atoms with Gasteiger partial charge in [-0.3, -0.25) is 14.4 Å². The van der Waals surface area contributed by atoms with Crippen molar-refractivity contribution in [1.29, 1.82) is 0 Å². The summed E-state index contributed by atoms with van der Waals surface area (Å²) in [4.78, 5) is 36.0. The summed E-state index contributed by atoms with van der Waals surface area (Å²) in [5.41, 5.74) is 1.85. The van der Waals surface area contributed by atoms with Crippen LogP contribution in [0.25, 0.3) is 6.08 Å². The number of para-hydroxylation sites is 1. The van der Waals surface area contributed by atoms with E-state index < -0.39 is 11.9 Å². The van der Waals surface area contributed by atoms with Crippen molar-refractivity contribution in [1.82, 2.24) is 0 Å². The number of benzene rings is 3. The fourth-order valence-corrected chi connectivity index (χ4v) is 2.66. The quantitative estimate of drug-likeness (QED) is 0.275. The third kappa shape index (κ3) is 5.48. The number of amides is 1. The smallest absolute Gasteiger partial charge is 0.308 e. The molecule has 3 aromatic carbocycles. The average Bonchev–Trinajstić information content (AvgIpc) is 2.73. The lowest BCUT2D eigenvalue weighted by Crippen LogP contribution is -2.14. The van der Waals surface area contributed by atoms with Crippen LogP contribution in [0.1, 0.15) is 33.2 Å². The van der Waals surface area contributed by atoms with Crippen molar-refractivity contribution >= 4 is 29.4 Å². The second-order valence-electron chi connectivity index (χ2n) is 6.37. The predicted octanol–water partition coefficient (Wildman–Crippen LogP) is 4.90. The van der Waals surface area contributed by atoms with Gasteiger partial charge in [-0.15, -0.1) is 0 Å². The summed E-state index contributed by atoms with van der Waals surface area (Å²) in [6.07, 6.45) is 3.00. The van der Waals surface area contributed by atoms with Crippen molar-refractivity contribution in [3.05, 3.63) is 101 Å². The second kappa shape index (κ2) is 9.43. The molecule has 0 unspecified atom stereocenters. The topological polar surface area (TPSA) is 72.5 Å². The van der Waals surface area contributed by atoms with E-state index in [0.717, 1.165) is 0 Å². The third-order valence-corrected chi connectivity index (χ3v) is 4.11. The Hall–Kier alpha value is -4.06. The van der Waals surface area contributed by atoms with Crippen LogP contribution in [0.2, 0.25) is 0 Å². The molecular formula is C24H18FNO4. The Morgan fingerprint density at radius 3 is 2.23 bits per heavy atom. The van der Waals surface area contributed by atoms with Gasteiger partial charge in [-0.2, -0.15) is 0 Å². The van der Waals surface area contributed by atoms with Gasteiger partial charge < -0.3 is 10.1 Å². The maximum absolute atomic E-state index is 12.9. The average molecular weight is 403 g/mol. The van der Waals surface area contributed by atoms with Crippen LogP contribution in [-0.4, -0.2) is 17.7 Å². The first-order valence-corrected chi connectivity index (χ1v) is 9.09. The number of halogens is 1. The molecule has 0 bridgehead atoms. The van der Waals surface area contributed by atoms with Gasteiger partial charge in [-0.25, -0.2) is 4.39 Å². The number of carbonyl (C=O) groups excluding carboxylic acids is 3. The van der Waals surface area contributed by atoms with Crippen molar-refractivity contribution < 1.29 is 23.5 Å². The van der Waals surface area contributed by atoms with Crippen LogP contribution in [0.15, 0.2) is 78.9 Å². The van der Waals surface area contributed by atoms with Crippen LogP contribution in [-0.2, 0) is 4.79 Å². The van der Waals surface area contributed by atoms with E-state index in [1.807, 2.05) is 0 Å². The summed E-state index contributed by atoms with van der Waals surface area (Å²) in [6.45, 7) is 1.26. The fourth-order valence-electron chi connectivity index (χ4n) is 2.66. The minimum atomic E-state index is -0.521. The summed E-state index contributed by atoms with van der Waals surface area (Å²) in [7, 11) is 0. The number of esters is 1. The lowest BCUT2D eigenvalue weighted by atomic mass is 10.1. The first kappa shape index (κ1) is 20.7. The van der Waals surface area contributed by atoms with Gasteiger partial charge in [-0.05, 0) is 60.2 Å². The summed E-state index contributed by atoms with van der Waals surface area (Å²) >= 11 is 0. The van der Waals surface area contributed by atoms with Crippen LogP contribution in [0, 0.1) is 5.82 Å². The van der Waals surface area contributed by atoms with Gasteiger partial charge >= 0.3 is 5.97 Å². The first-order chi connectivity index (χ1) is 14.4. The van der Waals surface area contributed by atoms with Crippen LogP contribution in [0.5, 0.6) is 5.75 Å². The first-order valence-electron chi connectivity index (χ1n) is 9.09. The molecule has 5 nitrogen and oxygen atoms in total. The largest absolute Gasteiger partial charge is 0.426 e. The molecule has 0 spiro atoms. The number of rotatable bonds is 6. The van der Waals surface area contributed by atoms with Crippen molar-refractivity contribution in [3.63, 3.8) is 0 Å². The molecule has 0 aliphatic carbocycles. The molecule has 0 fully saturated rings. The number of hydrogen-bond donors (Lipinski definition) is 1. The van der Waals surface area contributed by atoms with Crippen LogP contribution in [0.3, 0.4) is 0 Å². The molecule has 6 heteroatoms. The van der Waals surface area contributed by atoms with Gasteiger partial charge in [0.25, 0.3) is 5.91 Å². The normalized spacial score (nSPS) is 10.6. The molecule has 30 heavy (non-hydrogen) atoms. The van der Waals surface area contributed by atoms with E-state index in [9.17, 15) is 18.8 Å². The van der Waals surface area contributed by atoms with E-state index in [0.29, 0.717) is 16.8 Å². The van der Waals surface area contributed by atoms with Gasteiger partial charge in [0, 0.05) is 18.2 Å². The van der Waals surface area contributed by atoms with Crippen molar-refractivity contribution in [2.45, 2.75) is 6.92 Å². The Morgan fingerprint density at radius 1 is 0.900 bits per heavy atom. The lowest BCUT2D eigenvalue weighted by molar-refractivity contribution is -0.131. The summed E-state index contributed by atoms with van der Waals surface area (Å²) in [5.74, 6) is -1.36. The molecule has 0 radical (unpaired) electrons. The minimum absolute atomic E-state index is 0.167. The summed E-state index contributed by atoms with van der Waals surface area (Å²) in [6, 6.07) is 18.6. The molecule has 3 aromatic rings. The van der Waals surface area contributed by atoms with E-state index in [-0.39, 0.29) is 22.9 Å². The number of allylic oxidation sites excluding steroid dienone is 1. The number of carbonyl (C=O) groups is 3. The standard InChI is InChI=1S/C24H18FNO4/c1-16(27)30-23-5-3-2-4-21(23)24(29)26-20-13-9-18(10-14-20)22(28)15-8-17-6-11-19(25)12-7-17/h2-15H,1H3,(H,26,29)/b15-8+. The molecule has 0 aliphatic rings. The van der Waals surface area contributed by atoms with Crippen molar-refractivity contribution in [3.8, 4) is 5.75 Å². The number of ether oxygens (including phenoxy) is 1. The monoisotopic (exact) mass is 403 g/mol. The summed E-state index contributed by atoms with van der Waals surface area (Å²) in [5, 5.41) is 2.71. The zero-order chi connectivity index (χ0) is 21.5. The molecular weight excluding hydrogens is 385 g/mol. The summed E-state index contributed by atoms with van der Waals surface area (Å²) < 4.78 is 18.0. The van der Waals surface area contributed by atoms with Crippen LogP contribution >= 0.6 is 0 Å². The predicted molar refractivity (Wildman–Crippen MR) is 112 cm³/mol. The molecule has 0 saturated carbocycles. The van der Waals surface area contributed by atoms with Crippen LogP contribution < -0.4 is 10.1 Å². The SMILES string of the molecule is CC(=O)Oc1ccccc1C(=O)Nc1ccc(C(=O)/C=C/c2ccc(F)cc2)cc1. The van der Waals surface area contributed by atoms with E-state index in [1.54, 1.807) is 60.7 Å². The number of hydrogen-bond acceptors (Lipinski definition) is 4. The highest BCUT2D eigenvalue weighted by Crippen LogP contribution is 2.20. The fraction of sp³-hybridized carbons (Fsp3) is 0.0417. The van der Waals surface area contributed by atoms with E-state index >= 15 is 0 Å². The van der Waals surface area contributed by atoms with Crippen molar-refractivity contribution in [2.75, 3.05) is 5.32 Å². The molecule has 0 aliphatic heterocycles. The Bertz CT molecular complexity index is 1100. The number of nitrogens with one attached hydrogen (secondary N) is 1. The molecule has 1 N–H and O–H groups in total. The zero-order valence-electron chi connectivity index (χ0n) is 16.1. The lowest BCUT2D eigenvalue weighted by Gasteiger charge is -2.09. The Morgan fingerprint density at radius 2 is 1.57 bits per heavy atom. The highest BCUT2D eigenvalue weighted by Gasteiger charge is 2.14. The third-order valence-electron chi connectivity index (χ3n) is 4.11. The highest BCUT2D eigenvalue weighted by molar-refractivity contribution is 6.08. The Balaban J connectivity index is 1.67. The highest BCUT2D eigenvalue weighted by atomic mass is 19.1. The molecule has 0 atom stereocenters. The Kier molecular flexibility index (Phi) is 6.49.